The molecule has 6 heteroatoms. The molecule has 0 spiro atoms. The van der Waals surface area contributed by atoms with Crippen LogP contribution in [-0.2, 0) is 9.59 Å². The van der Waals surface area contributed by atoms with Gasteiger partial charge in [0.2, 0.25) is 5.78 Å². The molecule has 0 saturated heterocycles. The molecule has 0 aromatic carbocycles. The molecule has 66 valence electrons. The van der Waals surface area contributed by atoms with Crippen LogP contribution in [0.15, 0.2) is 12.2 Å². The lowest BCUT2D eigenvalue weighted by molar-refractivity contribution is -0.126. The van der Waals surface area contributed by atoms with Crippen LogP contribution in [0.25, 0.3) is 0 Å². The molecule has 12 heavy (non-hydrogen) atoms. The van der Waals surface area contributed by atoms with Crippen LogP contribution in [-0.4, -0.2) is 24.0 Å². The normalized spacial score (nSPS) is 11.6. The maximum Gasteiger partial charge on any atom is 0.432 e. The van der Waals surface area contributed by atoms with Crippen LogP contribution in [0.4, 0.5) is 13.2 Å². The van der Waals surface area contributed by atoms with E-state index in [1.165, 1.54) is 0 Å². The van der Waals surface area contributed by atoms with Crippen LogP contribution in [0.1, 0.15) is 0 Å². The van der Waals surface area contributed by atoms with E-state index in [1.807, 2.05) is 0 Å². The molecule has 0 unspecified atom stereocenters. The smallest absolute Gasteiger partial charge is 0.296 e. The number of hydrogen-bond acceptors (Lipinski definition) is 3. The highest BCUT2D eigenvalue weighted by Gasteiger charge is 2.32. The first-order valence-corrected chi connectivity index (χ1v) is 2.71. The van der Waals surface area contributed by atoms with E-state index in [0.29, 0.717) is 6.08 Å². The maximum absolute atomic E-state index is 11.5. The van der Waals surface area contributed by atoms with E-state index in [2.05, 4.69) is 0 Å². The average molecular weight is 179 g/mol. The summed E-state index contributed by atoms with van der Waals surface area (Å²) in [5, 5.41) is 6.33. The van der Waals surface area contributed by atoms with Crippen LogP contribution >= 0.6 is 0 Å². The van der Waals surface area contributed by atoms with Crippen molar-refractivity contribution in [3.05, 3.63) is 12.2 Å². The SMILES string of the molecule is N=C(/C=C/C(=O)C=O)C(F)(F)F. The van der Waals surface area contributed by atoms with Gasteiger partial charge >= 0.3 is 6.18 Å². The zero-order valence-corrected chi connectivity index (χ0v) is 5.68. The quantitative estimate of drug-likeness (QED) is 0.302. The van der Waals surface area contributed by atoms with E-state index < -0.39 is 17.7 Å². The number of allylic oxidation sites excluding steroid dienone is 2. The second-order valence-corrected chi connectivity index (χ2v) is 1.76. The van der Waals surface area contributed by atoms with Crippen LogP contribution < -0.4 is 0 Å². The molecule has 0 rings (SSSR count). The summed E-state index contributed by atoms with van der Waals surface area (Å²) in [6, 6.07) is 0. The Kier molecular flexibility index (Phi) is 3.33. The Labute approximate surface area is 65.4 Å². The molecule has 0 radical (unpaired) electrons. The third kappa shape index (κ3) is 3.65. The van der Waals surface area contributed by atoms with E-state index in [4.69, 9.17) is 5.41 Å². The molecule has 0 aromatic heterocycles. The van der Waals surface area contributed by atoms with Gasteiger partial charge in [-0.3, -0.25) is 15.0 Å². The predicted molar refractivity (Wildman–Crippen MR) is 34.0 cm³/mol. The van der Waals surface area contributed by atoms with Gasteiger partial charge in [-0.25, -0.2) is 0 Å². The lowest BCUT2D eigenvalue weighted by Gasteiger charge is -2.01. The molecule has 0 aliphatic rings. The zero-order valence-electron chi connectivity index (χ0n) is 5.68. The van der Waals surface area contributed by atoms with Gasteiger partial charge in [-0.05, 0) is 12.2 Å². The van der Waals surface area contributed by atoms with E-state index in [9.17, 15) is 22.8 Å². The van der Waals surface area contributed by atoms with Crippen molar-refractivity contribution in [1.82, 2.24) is 0 Å². The number of ketones is 1. The molecule has 3 nitrogen and oxygen atoms in total. The summed E-state index contributed by atoms with van der Waals surface area (Å²) in [7, 11) is 0. The molecule has 0 amide bonds. The molecule has 0 atom stereocenters. The number of halogens is 3. The fourth-order valence-electron chi connectivity index (χ4n) is 0.299. The van der Waals surface area contributed by atoms with Gasteiger partial charge in [0.05, 0.1) is 0 Å². The second-order valence-electron chi connectivity index (χ2n) is 1.76. The van der Waals surface area contributed by atoms with Crippen LogP contribution in [0.5, 0.6) is 0 Å². The van der Waals surface area contributed by atoms with Gasteiger partial charge in [-0.2, -0.15) is 13.2 Å². The number of alkyl halides is 3. The Morgan fingerprint density at radius 2 is 1.75 bits per heavy atom. The highest BCUT2D eigenvalue weighted by atomic mass is 19.4. The number of carbonyl (C=O) groups excluding carboxylic acids is 2. The minimum absolute atomic E-state index is 0.139. The molecule has 0 saturated carbocycles. The van der Waals surface area contributed by atoms with Gasteiger partial charge < -0.3 is 0 Å². The molecule has 0 aliphatic carbocycles. The third-order valence-corrected chi connectivity index (χ3v) is 0.836. The average Bonchev–Trinajstić information content (AvgIpc) is 1.97. The third-order valence-electron chi connectivity index (χ3n) is 0.836. The van der Waals surface area contributed by atoms with Gasteiger partial charge in [0.15, 0.2) is 6.29 Å². The molecule has 0 bridgehead atoms. The lowest BCUT2D eigenvalue weighted by Crippen LogP contribution is -2.19. The molecule has 0 fully saturated rings. The van der Waals surface area contributed by atoms with Crippen molar-refractivity contribution in [2.75, 3.05) is 0 Å². The topological polar surface area (TPSA) is 58.0 Å². The van der Waals surface area contributed by atoms with Gasteiger partial charge in [0, 0.05) is 0 Å². The standard InChI is InChI=1S/C6H4F3NO2/c7-6(8,9)5(10)2-1-4(12)3-11/h1-3,10H/b2-1+,10-5?. The summed E-state index contributed by atoms with van der Waals surface area (Å²) in [5.41, 5.74) is -1.67. The first kappa shape index (κ1) is 10.5. The zero-order chi connectivity index (χ0) is 9.78. The molecule has 0 aromatic rings. The first-order chi connectivity index (χ1) is 5.38. The van der Waals surface area contributed by atoms with Crippen molar-refractivity contribution in [3.8, 4) is 0 Å². The summed E-state index contributed by atoms with van der Waals surface area (Å²) < 4.78 is 34.6. The van der Waals surface area contributed by atoms with Crippen molar-refractivity contribution < 1.29 is 22.8 Å². The van der Waals surface area contributed by atoms with Crippen molar-refractivity contribution in [3.63, 3.8) is 0 Å². The van der Waals surface area contributed by atoms with Gasteiger partial charge in [-0.1, -0.05) is 0 Å². The first-order valence-electron chi connectivity index (χ1n) is 2.71. The maximum atomic E-state index is 11.5. The van der Waals surface area contributed by atoms with E-state index in [1.54, 1.807) is 0 Å². The summed E-state index contributed by atoms with van der Waals surface area (Å²) in [5.74, 6) is -1.11. The summed E-state index contributed by atoms with van der Waals surface area (Å²) in [4.78, 5) is 19.7. The van der Waals surface area contributed by atoms with Crippen molar-refractivity contribution >= 4 is 17.8 Å². The predicted octanol–water partition coefficient (Wildman–Crippen LogP) is 0.893. The largest absolute Gasteiger partial charge is 0.432 e. The Balaban J connectivity index is 4.28. The number of rotatable bonds is 3. The molecule has 0 aliphatic heterocycles. The van der Waals surface area contributed by atoms with Gasteiger partial charge in [-0.15, -0.1) is 0 Å². The lowest BCUT2D eigenvalue weighted by atomic mass is 10.3. The highest BCUT2D eigenvalue weighted by molar-refractivity contribution is 6.31. The Morgan fingerprint density at radius 3 is 2.08 bits per heavy atom. The minimum Gasteiger partial charge on any atom is -0.296 e. The summed E-state index contributed by atoms with van der Waals surface area (Å²) >= 11 is 0. The van der Waals surface area contributed by atoms with Crippen molar-refractivity contribution in [2.45, 2.75) is 6.18 Å². The Bertz CT molecular complexity index is 242. The van der Waals surface area contributed by atoms with Crippen LogP contribution in [0.3, 0.4) is 0 Å². The summed E-state index contributed by atoms with van der Waals surface area (Å²) in [6.45, 7) is 0. The van der Waals surface area contributed by atoms with E-state index >= 15 is 0 Å². The van der Waals surface area contributed by atoms with Crippen molar-refractivity contribution in [1.29, 1.82) is 5.41 Å². The van der Waals surface area contributed by atoms with E-state index in [-0.39, 0.29) is 12.4 Å². The minimum atomic E-state index is -4.78. The van der Waals surface area contributed by atoms with Gasteiger partial charge in [0.25, 0.3) is 0 Å². The number of aldehydes is 1. The number of nitrogens with one attached hydrogen (secondary N) is 1. The van der Waals surface area contributed by atoms with Crippen LogP contribution in [0, 0.1) is 5.41 Å². The fraction of sp³-hybridized carbons (Fsp3) is 0.167. The Morgan fingerprint density at radius 1 is 1.25 bits per heavy atom. The molecule has 1 N–H and O–H groups in total. The molecular formula is C6H4F3NO2. The molecule has 0 heterocycles. The van der Waals surface area contributed by atoms with E-state index in [0.717, 1.165) is 0 Å². The molecular weight excluding hydrogens is 175 g/mol. The number of hydrogen-bond donors (Lipinski definition) is 1. The van der Waals surface area contributed by atoms with Crippen LogP contribution in [0.2, 0.25) is 0 Å². The fourth-order valence-corrected chi connectivity index (χ4v) is 0.299. The second kappa shape index (κ2) is 3.80. The van der Waals surface area contributed by atoms with Crippen molar-refractivity contribution in [2.24, 2.45) is 0 Å². The number of carbonyl (C=O) groups is 2. The summed E-state index contributed by atoms with van der Waals surface area (Å²) in [6.07, 6.45) is -4.29. The highest BCUT2D eigenvalue weighted by Crippen LogP contribution is 2.16. The Hall–Kier alpha value is -1.46. The monoisotopic (exact) mass is 179 g/mol. The van der Waals surface area contributed by atoms with Gasteiger partial charge in [0.1, 0.15) is 5.71 Å².